The van der Waals surface area contributed by atoms with E-state index in [0.29, 0.717) is 0 Å². The molecule has 6 rings (SSSR count). The third-order valence-electron chi connectivity index (χ3n) is 7.46. The molecule has 0 spiro atoms. The van der Waals surface area contributed by atoms with E-state index in [1.54, 1.807) is 0 Å². The fourth-order valence-electron chi connectivity index (χ4n) is 5.81. The van der Waals surface area contributed by atoms with Gasteiger partial charge in [0.2, 0.25) is 0 Å². The van der Waals surface area contributed by atoms with Crippen LogP contribution < -0.4 is 0 Å². The van der Waals surface area contributed by atoms with E-state index in [4.69, 9.17) is 0 Å². The number of carbonyl (C=O) groups is 1. The number of aromatic amines is 1. The summed E-state index contributed by atoms with van der Waals surface area (Å²) >= 11 is 0. The van der Waals surface area contributed by atoms with Crippen LogP contribution in [0.1, 0.15) is 55.8 Å². The second-order valence-corrected chi connectivity index (χ2v) is 9.38. The average molecular weight is 451 g/mol. The number of benzene rings is 3. The van der Waals surface area contributed by atoms with Crippen LogP contribution in [0.4, 0.5) is 4.39 Å². The Morgan fingerprint density at radius 1 is 0.912 bits per heavy atom. The Bertz CT molecular complexity index is 1400. The molecular formula is C30H27FN2O. The van der Waals surface area contributed by atoms with Crippen LogP contribution in [0.3, 0.4) is 0 Å². The minimum Gasteiger partial charge on any atom is -0.354 e. The molecular weight excluding hydrogens is 423 g/mol. The molecule has 3 aromatic carbocycles. The van der Waals surface area contributed by atoms with Crippen LogP contribution >= 0.6 is 0 Å². The topological polar surface area (TPSA) is 36.1 Å². The highest BCUT2D eigenvalue weighted by molar-refractivity contribution is 6.01. The maximum atomic E-state index is 13.9. The van der Waals surface area contributed by atoms with Gasteiger partial charge in [-0.1, -0.05) is 48.5 Å². The van der Waals surface area contributed by atoms with Gasteiger partial charge in [0.15, 0.2) is 0 Å². The van der Waals surface area contributed by atoms with Crippen molar-refractivity contribution in [3.8, 4) is 11.3 Å². The molecule has 1 N–H and O–H groups in total. The number of nitrogens with zero attached hydrogens (tertiary/aromatic N) is 1. The number of para-hydroxylation sites is 1. The van der Waals surface area contributed by atoms with Gasteiger partial charge in [0.25, 0.3) is 5.91 Å². The predicted octanol–water partition coefficient (Wildman–Crippen LogP) is 7.49. The number of H-pyrrole nitrogens is 1. The second-order valence-electron chi connectivity index (χ2n) is 9.38. The van der Waals surface area contributed by atoms with Crippen LogP contribution in [0.15, 0.2) is 90.0 Å². The number of hydrogen-bond donors (Lipinski definition) is 1. The maximum absolute atomic E-state index is 13.9. The van der Waals surface area contributed by atoms with E-state index < -0.39 is 0 Å². The van der Waals surface area contributed by atoms with Crippen molar-refractivity contribution in [3.63, 3.8) is 0 Å². The Hall–Kier alpha value is -3.66. The van der Waals surface area contributed by atoms with Gasteiger partial charge in [-0.05, 0) is 79.6 Å². The zero-order valence-corrected chi connectivity index (χ0v) is 19.2. The van der Waals surface area contributed by atoms with Gasteiger partial charge in [-0.15, -0.1) is 0 Å². The molecule has 0 saturated carbocycles. The molecule has 1 aromatic heterocycles. The van der Waals surface area contributed by atoms with Gasteiger partial charge in [0, 0.05) is 22.0 Å². The van der Waals surface area contributed by atoms with E-state index in [1.807, 2.05) is 42.5 Å². The highest BCUT2D eigenvalue weighted by Gasteiger charge is 2.44. The summed E-state index contributed by atoms with van der Waals surface area (Å²) in [6.07, 6.45) is 3.94. The van der Waals surface area contributed by atoms with Gasteiger partial charge < -0.3 is 9.88 Å². The molecule has 4 heteroatoms. The highest BCUT2D eigenvalue weighted by Crippen LogP contribution is 2.51. The van der Waals surface area contributed by atoms with E-state index in [-0.39, 0.29) is 23.8 Å². The van der Waals surface area contributed by atoms with E-state index in [9.17, 15) is 9.18 Å². The molecule has 1 aliphatic heterocycles. The lowest BCUT2D eigenvalue weighted by Gasteiger charge is -2.34. The number of aromatic nitrogens is 1. The largest absolute Gasteiger partial charge is 0.354 e. The molecule has 2 aliphatic rings. The lowest BCUT2D eigenvalue weighted by molar-refractivity contribution is -0.129. The summed E-state index contributed by atoms with van der Waals surface area (Å²) in [6.45, 7) is 2.13. The smallest absolute Gasteiger partial charge is 0.251 e. The Morgan fingerprint density at radius 3 is 2.41 bits per heavy atom. The van der Waals surface area contributed by atoms with Gasteiger partial charge in [0.1, 0.15) is 5.82 Å². The fourth-order valence-corrected chi connectivity index (χ4v) is 5.81. The molecule has 2 heterocycles. The summed E-state index contributed by atoms with van der Waals surface area (Å²) in [6, 6.07) is 25.0. The van der Waals surface area contributed by atoms with E-state index in [1.165, 1.54) is 17.7 Å². The molecule has 0 radical (unpaired) electrons. The summed E-state index contributed by atoms with van der Waals surface area (Å²) in [5.74, 6) is -0.0968. The molecule has 1 amide bonds. The molecule has 0 saturated heterocycles. The number of carbonyl (C=O) groups excluding carboxylic acids is 1. The summed E-state index contributed by atoms with van der Waals surface area (Å²) in [5, 5.41) is 1.12. The van der Waals surface area contributed by atoms with Gasteiger partial charge >= 0.3 is 0 Å². The van der Waals surface area contributed by atoms with Crippen molar-refractivity contribution in [3.05, 3.63) is 107 Å². The Balaban J connectivity index is 1.59. The standard InChI is InChI=1S/C30H27FN2O/c1-19(20-9-3-2-4-10-20)33-29(23-11-5-6-12-24(23)30(33)34)27-25-13-7-8-14-26(25)32-28(27)21-15-17-22(31)18-16-21/h2-4,7-10,13-19,29,32H,5-6,11-12H2,1H3/t19-,29-/m0/s1. The molecule has 2 atom stereocenters. The normalized spacial score (nSPS) is 19.1. The zero-order valence-electron chi connectivity index (χ0n) is 19.2. The number of halogens is 1. The first kappa shape index (κ1) is 20.9. The van der Waals surface area contributed by atoms with Crippen molar-refractivity contribution < 1.29 is 9.18 Å². The molecule has 170 valence electrons. The minimum atomic E-state index is -0.256. The molecule has 0 fully saturated rings. The summed E-state index contributed by atoms with van der Waals surface area (Å²) < 4.78 is 13.8. The third-order valence-corrected chi connectivity index (χ3v) is 7.46. The lowest BCUT2D eigenvalue weighted by Crippen LogP contribution is -2.33. The van der Waals surface area contributed by atoms with Gasteiger partial charge in [-0.25, -0.2) is 4.39 Å². The van der Waals surface area contributed by atoms with Gasteiger partial charge in [-0.3, -0.25) is 4.79 Å². The van der Waals surface area contributed by atoms with Crippen LogP contribution in [0, 0.1) is 5.82 Å². The maximum Gasteiger partial charge on any atom is 0.251 e. The monoisotopic (exact) mass is 450 g/mol. The van der Waals surface area contributed by atoms with Gasteiger partial charge in [-0.2, -0.15) is 0 Å². The zero-order chi connectivity index (χ0) is 23.2. The Labute approximate surface area is 198 Å². The molecule has 0 bridgehead atoms. The van der Waals surface area contributed by atoms with E-state index in [2.05, 4.69) is 41.1 Å². The molecule has 0 unspecified atom stereocenters. The number of rotatable bonds is 4. The fraction of sp³-hybridized carbons (Fsp3) is 0.233. The molecule has 4 aromatic rings. The quantitative estimate of drug-likeness (QED) is 0.343. The first-order valence-electron chi connectivity index (χ1n) is 12.1. The van der Waals surface area contributed by atoms with Crippen molar-refractivity contribution in [2.45, 2.75) is 44.7 Å². The minimum absolute atomic E-state index is 0.0703. The lowest BCUT2D eigenvalue weighted by atomic mass is 9.85. The first-order valence-corrected chi connectivity index (χ1v) is 12.1. The van der Waals surface area contributed by atoms with Crippen LogP contribution in [0.2, 0.25) is 0 Å². The Kier molecular flexibility index (Phi) is 5.09. The van der Waals surface area contributed by atoms with Crippen molar-refractivity contribution in [1.29, 1.82) is 0 Å². The van der Waals surface area contributed by atoms with Crippen molar-refractivity contribution in [2.75, 3.05) is 0 Å². The summed E-state index contributed by atoms with van der Waals surface area (Å²) in [4.78, 5) is 19.6. The Morgan fingerprint density at radius 2 is 1.62 bits per heavy atom. The van der Waals surface area contributed by atoms with Crippen LogP contribution in [-0.4, -0.2) is 15.8 Å². The number of nitrogens with one attached hydrogen (secondary N) is 1. The van der Waals surface area contributed by atoms with Crippen molar-refractivity contribution in [2.24, 2.45) is 0 Å². The van der Waals surface area contributed by atoms with Crippen LogP contribution in [-0.2, 0) is 4.79 Å². The van der Waals surface area contributed by atoms with Crippen molar-refractivity contribution in [1.82, 2.24) is 9.88 Å². The third kappa shape index (κ3) is 3.28. The molecule has 3 nitrogen and oxygen atoms in total. The second kappa shape index (κ2) is 8.28. The SMILES string of the molecule is C[C@@H](c1ccccc1)N1C(=O)C2=C(CCCC2)[C@H]1c1c(-c2ccc(F)cc2)[nH]c2ccccc12. The number of amides is 1. The summed E-state index contributed by atoms with van der Waals surface area (Å²) in [7, 11) is 0. The van der Waals surface area contributed by atoms with Crippen molar-refractivity contribution >= 4 is 16.8 Å². The van der Waals surface area contributed by atoms with Gasteiger partial charge in [0.05, 0.1) is 17.8 Å². The number of fused-ring (bicyclic) bond motifs is 1. The predicted molar refractivity (Wildman–Crippen MR) is 134 cm³/mol. The first-order chi connectivity index (χ1) is 16.6. The average Bonchev–Trinajstić information content (AvgIpc) is 3.40. The number of hydrogen-bond acceptors (Lipinski definition) is 1. The molecule has 1 aliphatic carbocycles. The molecule has 34 heavy (non-hydrogen) atoms. The van der Waals surface area contributed by atoms with E-state index in [0.717, 1.165) is 64.5 Å². The van der Waals surface area contributed by atoms with Crippen LogP contribution in [0.25, 0.3) is 22.2 Å². The van der Waals surface area contributed by atoms with E-state index >= 15 is 0 Å². The van der Waals surface area contributed by atoms with Crippen LogP contribution in [0.5, 0.6) is 0 Å². The highest BCUT2D eigenvalue weighted by atomic mass is 19.1. The summed E-state index contributed by atoms with van der Waals surface area (Å²) in [5.41, 5.74) is 7.41.